The van der Waals surface area contributed by atoms with Crippen molar-refractivity contribution < 1.29 is 22.3 Å². The van der Waals surface area contributed by atoms with Gasteiger partial charge in [-0.15, -0.1) is 0 Å². The van der Waals surface area contributed by atoms with Crippen LogP contribution in [0.3, 0.4) is 0 Å². The average molecular weight is 396 g/mol. The van der Waals surface area contributed by atoms with Crippen LogP contribution in [0.1, 0.15) is 32.2 Å². The number of nitrogens with one attached hydrogen (secondary N) is 2. The molecule has 0 aliphatic carbocycles. The van der Waals surface area contributed by atoms with Crippen molar-refractivity contribution in [3.63, 3.8) is 0 Å². The number of rotatable bonds is 6. The third-order valence-electron chi connectivity index (χ3n) is 4.30. The minimum Gasteiger partial charge on any atom is -0.369 e. The summed E-state index contributed by atoms with van der Waals surface area (Å²) in [5.74, 6) is -0.552. The number of aryl methyl sites for hydroxylation is 1. The first-order valence-corrected chi connectivity index (χ1v) is 10.0. The summed E-state index contributed by atoms with van der Waals surface area (Å²) >= 11 is 0. The van der Waals surface area contributed by atoms with Gasteiger partial charge >= 0.3 is 0 Å². The second-order valence-electron chi connectivity index (χ2n) is 6.20. The summed E-state index contributed by atoms with van der Waals surface area (Å²) in [6.07, 6.45) is 3.43. The third-order valence-corrected chi connectivity index (χ3v) is 5.79. The maximum Gasteiger partial charge on any atom is 0.241 e. The number of imidazole rings is 1. The Bertz CT molecular complexity index is 944. The Morgan fingerprint density at radius 3 is 2.93 bits per heavy atom. The fourth-order valence-electron chi connectivity index (χ4n) is 3.03. The minimum atomic E-state index is -3.95. The number of carbonyl (C=O) groups excluding carboxylic acids is 1. The predicted molar refractivity (Wildman–Crippen MR) is 96.0 cm³/mol. The molecule has 0 unspecified atom stereocenters. The summed E-state index contributed by atoms with van der Waals surface area (Å²) in [6, 6.07) is 2.75. The largest absolute Gasteiger partial charge is 0.369 e. The van der Waals surface area contributed by atoms with Crippen molar-refractivity contribution in [2.75, 3.05) is 11.9 Å². The van der Waals surface area contributed by atoms with Gasteiger partial charge in [-0.25, -0.2) is 22.5 Å². The summed E-state index contributed by atoms with van der Waals surface area (Å²) in [6.45, 7) is 4.26. The molecule has 0 bridgehead atoms. The van der Waals surface area contributed by atoms with Crippen molar-refractivity contribution in [2.24, 2.45) is 0 Å². The summed E-state index contributed by atoms with van der Waals surface area (Å²) in [7, 11) is -3.95. The van der Waals surface area contributed by atoms with Gasteiger partial charge in [-0.2, -0.15) is 0 Å². The van der Waals surface area contributed by atoms with Crippen LogP contribution in [0.25, 0.3) is 0 Å². The molecule has 1 amide bonds. The van der Waals surface area contributed by atoms with Crippen molar-refractivity contribution in [3.8, 4) is 0 Å². The highest BCUT2D eigenvalue weighted by Crippen LogP contribution is 2.30. The van der Waals surface area contributed by atoms with Gasteiger partial charge in [0.1, 0.15) is 17.7 Å². The molecule has 1 aromatic carbocycles. The zero-order chi connectivity index (χ0) is 19.6. The Labute approximate surface area is 156 Å². The van der Waals surface area contributed by atoms with E-state index in [1.807, 2.05) is 17.7 Å². The Morgan fingerprint density at radius 2 is 2.22 bits per heavy atom. The van der Waals surface area contributed by atoms with Gasteiger partial charge in [0, 0.05) is 32.5 Å². The highest BCUT2D eigenvalue weighted by molar-refractivity contribution is 7.89. The standard InChI is InChI=1S/C17H21FN4O4S/c1-3-22-8-7-19-17(22)16-14(6-9-26-16)21-27(24,25)12-4-5-13(18)15(10-12)20-11(2)23/h4-5,7-8,10,14,16,21H,3,6,9H2,1-2H3,(H,20,23)/t14-,16-/m1/s1. The lowest BCUT2D eigenvalue weighted by Crippen LogP contribution is -2.37. The smallest absolute Gasteiger partial charge is 0.241 e. The van der Waals surface area contributed by atoms with Crippen molar-refractivity contribution in [1.29, 1.82) is 0 Å². The van der Waals surface area contributed by atoms with E-state index in [0.717, 1.165) is 18.2 Å². The second kappa shape index (κ2) is 7.75. The normalized spacial score (nSPS) is 20.0. The number of aromatic nitrogens is 2. The molecule has 1 aromatic heterocycles. The molecule has 1 aliphatic rings. The van der Waals surface area contributed by atoms with E-state index < -0.39 is 33.9 Å². The van der Waals surface area contributed by atoms with E-state index in [2.05, 4.69) is 15.0 Å². The highest BCUT2D eigenvalue weighted by Gasteiger charge is 2.36. The molecule has 0 spiro atoms. The van der Waals surface area contributed by atoms with E-state index >= 15 is 0 Å². The van der Waals surface area contributed by atoms with Gasteiger partial charge in [-0.05, 0) is 31.5 Å². The molecule has 146 valence electrons. The summed E-state index contributed by atoms with van der Waals surface area (Å²) in [4.78, 5) is 15.3. The maximum absolute atomic E-state index is 13.8. The van der Waals surface area contributed by atoms with Crippen LogP contribution in [0.4, 0.5) is 10.1 Å². The number of hydrogen-bond donors (Lipinski definition) is 2. The molecule has 1 fully saturated rings. The number of halogens is 1. The SMILES string of the molecule is CCn1ccnc1[C@@H]1OCC[C@H]1NS(=O)(=O)c1ccc(F)c(NC(C)=O)c1. The molecule has 10 heteroatoms. The van der Waals surface area contributed by atoms with Crippen molar-refractivity contribution >= 4 is 21.6 Å². The van der Waals surface area contributed by atoms with Crippen LogP contribution in [0.15, 0.2) is 35.5 Å². The van der Waals surface area contributed by atoms with E-state index in [1.54, 1.807) is 6.20 Å². The van der Waals surface area contributed by atoms with Gasteiger partial charge in [-0.1, -0.05) is 0 Å². The van der Waals surface area contributed by atoms with Gasteiger partial charge in [0.15, 0.2) is 0 Å². The number of carbonyl (C=O) groups is 1. The number of amides is 1. The van der Waals surface area contributed by atoms with Gasteiger partial charge in [0.2, 0.25) is 15.9 Å². The maximum atomic E-state index is 13.8. The molecule has 8 nitrogen and oxygen atoms in total. The first kappa shape index (κ1) is 19.5. The number of nitrogens with zero attached hydrogens (tertiary/aromatic N) is 2. The van der Waals surface area contributed by atoms with Crippen LogP contribution in [0.2, 0.25) is 0 Å². The van der Waals surface area contributed by atoms with Crippen molar-refractivity contribution in [2.45, 2.75) is 43.9 Å². The van der Waals surface area contributed by atoms with E-state index in [0.29, 0.717) is 25.4 Å². The molecule has 2 heterocycles. The second-order valence-corrected chi connectivity index (χ2v) is 7.92. The average Bonchev–Trinajstić information content (AvgIpc) is 3.24. The van der Waals surface area contributed by atoms with Crippen LogP contribution < -0.4 is 10.0 Å². The first-order valence-electron chi connectivity index (χ1n) is 8.54. The van der Waals surface area contributed by atoms with Crippen LogP contribution in [0.5, 0.6) is 0 Å². The fourth-order valence-corrected chi connectivity index (χ4v) is 4.33. The van der Waals surface area contributed by atoms with Gasteiger partial charge in [0.05, 0.1) is 16.6 Å². The zero-order valence-corrected chi connectivity index (χ0v) is 15.8. The van der Waals surface area contributed by atoms with E-state index in [1.165, 1.54) is 6.92 Å². The summed E-state index contributed by atoms with van der Waals surface area (Å²) in [5.41, 5.74) is -0.189. The predicted octanol–water partition coefficient (Wildman–Crippen LogP) is 1.81. The fraction of sp³-hybridized carbons (Fsp3) is 0.412. The molecule has 1 saturated heterocycles. The quantitative estimate of drug-likeness (QED) is 0.775. The lowest BCUT2D eigenvalue weighted by atomic mass is 10.1. The Balaban J connectivity index is 1.84. The molecule has 3 rings (SSSR count). The van der Waals surface area contributed by atoms with Crippen LogP contribution in [0, 0.1) is 5.82 Å². The number of benzene rings is 1. The molecule has 27 heavy (non-hydrogen) atoms. The van der Waals surface area contributed by atoms with Crippen LogP contribution in [-0.2, 0) is 26.1 Å². The Kier molecular flexibility index (Phi) is 5.59. The Morgan fingerprint density at radius 1 is 1.44 bits per heavy atom. The number of sulfonamides is 1. The van der Waals surface area contributed by atoms with Crippen molar-refractivity contribution in [1.82, 2.24) is 14.3 Å². The molecule has 0 radical (unpaired) electrons. The summed E-state index contributed by atoms with van der Waals surface area (Å²) < 4.78 is 49.6. The third kappa shape index (κ3) is 4.18. The van der Waals surface area contributed by atoms with Gasteiger partial charge in [0.25, 0.3) is 0 Å². The molecule has 2 atom stereocenters. The van der Waals surface area contributed by atoms with Crippen molar-refractivity contribution in [3.05, 3.63) is 42.2 Å². The molecular formula is C17H21FN4O4S. The lowest BCUT2D eigenvalue weighted by molar-refractivity contribution is -0.114. The van der Waals surface area contributed by atoms with E-state index in [9.17, 15) is 17.6 Å². The Hall–Kier alpha value is -2.30. The molecule has 0 saturated carbocycles. The molecule has 1 aliphatic heterocycles. The number of hydrogen-bond acceptors (Lipinski definition) is 5. The molecule has 2 aromatic rings. The molecule has 2 N–H and O–H groups in total. The number of anilines is 1. The van der Waals surface area contributed by atoms with E-state index in [4.69, 9.17) is 4.74 Å². The first-order chi connectivity index (χ1) is 12.8. The number of ether oxygens (including phenoxy) is 1. The zero-order valence-electron chi connectivity index (χ0n) is 15.0. The molecular weight excluding hydrogens is 375 g/mol. The highest BCUT2D eigenvalue weighted by atomic mass is 32.2. The lowest BCUT2D eigenvalue weighted by Gasteiger charge is -2.20. The summed E-state index contributed by atoms with van der Waals surface area (Å²) in [5, 5.41) is 2.28. The van der Waals surface area contributed by atoms with E-state index in [-0.39, 0.29) is 10.6 Å². The minimum absolute atomic E-state index is 0.142. The van der Waals surface area contributed by atoms with Gasteiger partial charge in [-0.3, -0.25) is 4.79 Å². The monoisotopic (exact) mass is 396 g/mol. The van der Waals surface area contributed by atoms with Crippen LogP contribution in [-0.4, -0.2) is 36.5 Å². The topological polar surface area (TPSA) is 102 Å². The van der Waals surface area contributed by atoms with Crippen LogP contribution >= 0.6 is 0 Å². The van der Waals surface area contributed by atoms with Gasteiger partial charge < -0.3 is 14.6 Å².